The lowest BCUT2D eigenvalue weighted by molar-refractivity contribution is -0.384. The van der Waals surface area contributed by atoms with Gasteiger partial charge >= 0.3 is 0 Å². The number of fused-ring (bicyclic) bond motifs is 1. The van der Waals surface area contributed by atoms with Crippen LogP contribution in [0.4, 0.5) is 17.1 Å². The van der Waals surface area contributed by atoms with Crippen LogP contribution in [0.3, 0.4) is 0 Å². The highest BCUT2D eigenvalue weighted by molar-refractivity contribution is 7.90. The first kappa shape index (κ1) is 51.0. The number of carbonyl (C=O) groups excluding carboxylic acids is 1. The number of hydrogen-bond acceptors (Lipinski definition) is 13. The number of aromatic nitrogens is 2. The number of nitro benzene ring substituents is 1. The van der Waals surface area contributed by atoms with E-state index in [1.807, 2.05) is 31.2 Å². The highest BCUT2D eigenvalue weighted by Gasteiger charge is 2.50. The van der Waals surface area contributed by atoms with Crippen molar-refractivity contribution in [1.82, 2.24) is 24.5 Å². The largest absolute Gasteiger partial charge is 0.497 e. The number of pyridine rings is 1. The third kappa shape index (κ3) is 11.1. The number of rotatable bonds is 16. The number of piperazine rings is 1. The molecule has 4 N–H and O–H groups in total. The summed E-state index contributed by atoms with van der Waals surface area (Å²) in [6.07, 6.45) is 10.4. The van der Waals surface area contributed by atoms with Crippen molar-refractivity contribution in [3.05, 3.63) is 142 Å². The molecule has 4 aliphatic rings. The molecule has 4 heterocycles. The van der Waals surface area contributed by atoms with Crippen LogP contribution in [-0.4, -0.2) is 102 Å². The van der Waals surface area contributed by atoms with Crippen molar-refractivity contribution in [3.63, 3.8) is 0 Å². The zero-order valence-corrected chi connectivity index (χ0v) is 43.6. The molecule has 2 saturated heterocycles. The second-order valence-electron chi connectivity index (χ2n) is 21.7. The molecule has 2 aliphatic carbocycles. The molecule has 6 aromatic rings. The minimum absolute atomic E-state index is 0.0289. The van der Waals surface area contributed by atoms with Crippen LogP contribution < -0.4 is 24.4 Å². The minimum atomic E-state index is -4.59. The number of ether oxygens (including phenoxy) is 2. The van der Waals surface area contributed by atoms with Gasteiger partial charge < -0.3 is 29.8 Å². The fourth-order valence-corrected chi connectivity index (χ4v) is 12.9. The topological polar surface area (TPSA) is 195 Å². The van der Waals surface area contributed by atoms with Crippen LogP contribution in [-0.2, 0) is 16.6 Å². The summed E-state index contributed by atoms with van der Waals surface area (Å²) in [4.78, 5) is 40.5. The molecule has 2 aliphatic heterocycles. The summed E-state index contributed by atoms with van der Waals surface area (Å²) in [7, 11) is -2.89. The van der Waals surface area contributed by atoms with Gasteiger partial charge in [-0.2, -0.15) is 0 Å². The highest BCUT2D eigenvalue weighted by Crippen LogP contribution is 2.53. The number of H-pyrrole nitrogens is 1. The lowest BCUT2D eigenvalue weighted by atomic mass is 9.59. The van der Waals surface area contributed by atoms with Gasteiger partial charge in [-0.3, -0.25) is 24.7 Å². The maximum atomic E-state index is 14.1. The molecule has 2 aromatic heterocycles. The van der Waals surface area contributed by atoms with Crippen LogP contribution in [0.5, 0.6) is 17.2 Å². The van der Waals surface area contributed by atoms with Crippen LogP contribution in [0.2, 0.25) is 0 Å². The number of aromatic amines is 1. The molecule has 0 bridgehead atoms. The zero-order chi connectivity index (χ0) is 51.8. The number of aliphatic hydroxyl groups is 1. The van der Waals surface area contributed by atoms with Crippen LogP contribution in [0, 0.1) is 21.4 Å². The molecule has 1 atom stereocenters. The molecule has 0 unspecified atom stereocenters. The average molecular weight is 1030 g/mol. The average Bonchev–Trinajstić information content (AvgIpc) is 3.86. The zero-order valence-electron chi connectivity index (χ0n) is 42.8. The maximum absolute atomic E-state index is 14.1. The minimum Gasteiger partial charge on any atom is -0.497 e. The third-order valence-corrected chi connectivity index (χ3v) is 17.7. The Morgan fingerprint density at radius 1 is 0.932 bits per heavy atom. The standard InChI is InChI=1S/C57H68N8O8S/c1-38(2)47-7-5-6-8-48(47)52-37-62(36-40-9-12-44(72-4)13-10-40)27-28-64(52)43-32-57(33-43)22-25-63(26-23-57)42-11-15-49(53(30-42)73-45-29-41-19-24-58-54(41)60-35-45)55(66)61-74(70,71)46-14-16-50(51(31-46)65(68)69)59-34-39-17-20-56(3,67)21-18-39/h5-16,19,24,29-31,35,38-39,43,52,59,67H,17-18,20-23,25-28,32-34,36-37H2,1-4H3,(H,58,60)(H,61,66)/t39-,52-,56-/m0/s1. The number of nitro groups is 1. The van der Waals surface area contributed by atoms with Gasteiger partial charge in [-0.25, -0.2) is 18.1 Å². The van der Waals surface area contributed by atoms with Gasteiger partial charge in [0.25, 0.3) is 21.6 Å². The summed E-state index contributed by atoms with van der Waals surface area (Å²) in [5.41, 5.74) is 4.87. The number of piperidine rings is 1. The van der Waals surface area contributed by atoms with E-state index in [-0.39, 0.29) is 28.3 Å². The Balaban J connectivity index is 0.830. The van der Waals surface area contributed by atoms with Crippen molar-refractivity contribution >= 4 is 44.0 Å². The Morgan fingerprint density at radius 2 is 1.69 bits per heavy atom. The number of sulfonamides is 1. The van der Waals surface area contributed by atoms with Crippen LogP contribution >= 0.6 is 0 Å². The van der Waals surface area contributed by atoms with Gasteiger partial charge in [0.2, 0.25) is 0 Å². The smallest absolute Gasteiger partial charge is 0.293 e. The van der Waals surface area contributed by atoms with Crippen molar-refractivity contribution in [3.8, 4) is 17.2 Å². The molecule has 74 heavy (non-hydrogen) atoms. The fraction of sp³-hybridized carbons (Fsp3) is 0.439. The predicted molar refractivity (Wildman–Crippen MR) is 287 cm³/mol. The SMILES string of the molecule is COc1ccc(CN2CCN(C3CC4(CCN(c5ccc(C(=O)NS(=O)(=O)c6ccc(NC[C@H]7CC[C@](C)(O)CC7)c([N+](=O)[O-])c6)c(Oc6cnc7[nH]ccc7c6)c5)CC4)C3)[C@H](c3ccccc3C(C)C)C2)cc1. The predicted octanol–water partition coefficient (Wildman–Crippen LogP) is 10.2. The summed E-state index contributed by atoms with van der Waals surface area (Å²) in [6.45, 7) is 12.3. The number of hydrogen-bond donors (Lipinski definition) is 4. The quantitative estimate of drug-likeness (QED) is 0.0529. The van der Waals surface area contributed by atoms with E-state index in [0.29, 0.717) is 48.8 Å². The number of methoxy groups -OCH3 is 1. The molecule has 0 radical (unpaired) electrons. The summed E-state index contributed by atoms with van der Waals surface area (Å²) >= 11 is 0. The lowest BCUT2D eigenvalue weighted by Gasteiger charge is -2.58. The van der Waals surface area contributed by atoms with Gasteiger partial charge in [0, 0.05) is 87.3 Å². The van der Waals surface area contributed by atoms with Crippen molar-refractivity contribution in [2.24, 2.45) is 11.3 Å². The maximum Gasteiger partial charge on any atom is 0.293 e. The van der Waals surface area contributed by atoms with Crippen molar-refractivity contribution in [2.75, 3.05) is 56.6 Å². The normalized spacial score (nSPS) is 21.6. The lowest BCUT2D eigenvalue weighted by Crippen LogP contribution is -2.60. The van der Waals surface area contributed by atoms with Gasteiger partial charge in [-0.05, 0) is 141 Å². The van der Waals surface area contributed by atoms with E-state index in [9.17, 15) is 28.4 Å². The molecular weight excluding hydrogens is 957 g/mol. The molecule has 2 saturated carbocycles. The Hall–Kier alpha value is -6.53. The Kier molecular flexibility index (Phi) is 14.5. The van der Waals surface area contributed by atoms with E-state index in [4.69, 9.17) is 9.47 Å². The van der Waals surface area contributed by atoms with E-state index in [2.05, 4.69) is 85.0 Å². The summed E-state index contributed by atoms with van der Waals surface area (Å²) in [5, 5.41) is 26.5. The molecule has 4 fully saturated rings. The van der Waals surface area contributed by atoms with Crippen molar-refractivity contribution < 1.29 is 32.7 Å². The highest BCUT2D eigenvalue weighted by atomic mass is 32.2. The number of anilines is 2. The van der Waals surface area contributed by atoms with E-state index in [0.717, 1.165) is 101 Å². The molecule has 390 valence electrons. The molecule has 17 heteroatoms. The van der Waals surface area contributed by atoms with E-state index in [1.54, 1.807) is 37.7 Å². The van der Waals surface area contributed by atoms with Gasteiger partial charge in [-0.15, -0.1) is 0 Å². The number of carbonyl (C=O) groups is 1. The number of amides is 1. The first-order valence-electron chi connectivity index (χ1n) is 26.1. The van der Waals surface area contributed by atoms with Gasteiger partial charge in [-0.1, -0.05) is 50.2 Å². The van der Waals surface area contributed by atoms with Gasteiger partial charge in [0.1, 0.15) is 28.6 Å². The van der Waals surface area contributed by atoms with Crippen molar-refractivity contribution in [2.45, 2.75) is 107 Å². The second kappa shape index (κ2) is 21.0. The van der Waals surface area contributed by atoms with Crippen LogP contribution in [0.1, 0.15) is 111 Å². The first-order chi connectivity index (χ1) is 35.5. The molecule has 16 nitrogen and oxygen atoms in total. The van der Waals surface area contributed by atoms with Gasteiger partial charge in [0.15, 0.2) is 0 Å². The fourth-order valence-electron chi connectivity index (χ4n) is 11.9. The second-order valence-corrected chi connectivity index (χ2v) is 23.4. The molecule has 4 aromatic carbocycles. The third-order valence-electron chi connectivity index (χ3n) is 16.3. The number of nitrogens with zero attached hydrogens (tertiary/aromatic N) is 5. The summed E-state index contributed by atoms with van der Waals surface area (Å²) in [5.74, 6) is 1.04. The van der Waals surface area contributed by atoms with Gasteiger partial charge in [0.05, 0.1) is 34.3 Å². The molecule has 1 amide bonds. The molecular formula is C57H68N8O8S. The van der Waals surface area contributed by atoms with E-state index >= 15 is 0 Å². The van der Waals surface area contributed by atoms with Crippen LogP contribution in [0.25, 0.3) is 11.0 Å². The monoisotopic (exact) mass is 1020 g/mol. The van der Waals surface area contributed by atoms with Crippen LogP contribution in [0.15, 0.2) is 114 Å². The first-order valence-corrected chi connectivity index (χ1v) is 27.5. The number of nitrogens with one attached hydrogen (secondary N) is 3. The number of benzene rings is 4. The van der Waals surface area contributed by atoms with Crippen molar-refractivity contribution in [1.29, 1.82) is 0 Å². The molecule has 10 rings (SSSR count). The molecule has 1 spiro atoms. The Morgan fingerprint density at radius 3 is 2.42 bits per heavy atom. The Labute approximate surface area is 433 Å². The van der Waals surface area contributed by atoms with E-state index < -0.39 is 37.0 Å². The van der Waals surface area contributed by atoms with E-state index in [1.165, 1.54) is 28.8 Å². The Bertz CT molecular complexity index is 3100. The summed E-state index contributed by atoms with van der Waals surface area (Å²) in [6, 6.07) is 30.6. The summed E-state index contributed by atoms with van der Waals surface area (Å²) < 4.78 is 41.7.